The van der Waals surface area contributed by atoms with Crippen LogP contribution in [0.5, 0.6) is 0 Å². The van der Waals surface area contributed by atoms with Crippen molar-refractivity contribution in [3.63, 3.8) is 0 Å². The lowest BCUT2D eigenvalue weighted by molar-refractivity contribution is 0.158. The number of hydrogen-bond acceptors (Lipinski definition) is 2. The van der Waals surface area contributed by atoms with E-state index >= 15 is 0 Å². The lowest BCUT2D eigenvalue weighted by Gasteiger charge is -2.12. The molecule has 3 N–H and O–H groups in total. The van der Waals surface area contributed by atoms with Gasteiger partial charge in [0, 0.05) is 6.04 Å². The van der Waals surface area contributed by atoms with E-state index in [-0.39, 0.29) is 6.10 Å². The van der Waals surface area contributed by atoms with Crippen molar-refractivity contribution >= 4 is 0 Å². The zero-order valence-corrected chi connectivity index (χ0v) is 7.03. The summed E-state index contributed by atoms with van der Waals surface area (Å²) in [5.74, 6) is 2.31. The molecule has 2 fully saturated rings. The Kier molecular flexibility index (Phi) is 1.69. The van der Waals surface area contributed by atoms with Gasteiger partial charge in [-0.25, -0.2) is 0 Å². The monoisotopic (exact) mass is 155 g/mol. The fourth-order valence-corrected chi connectivity index (χ4v) is 2.77. The number of hydrogen-bond donors (Lipinski definition) is 2. The summed E-state index contributed by atoms with van der Waals surface area (Å²) >= 11 is 0. The molecule has 2 rings (SSSR count). The molecule has 0 spiro atoms. The summed E-state index contributed by atoms with van der Waals surface area (Å²) in [7, 11) is 0. The van der Waals surface area contributed by atoms with Gasteiger partial charge < -0.3 is 10.8 Å². The van der Waals surface area contributed by atoms with Gasteiger partial charge in [0.15, 0.2) is 0 Å². The first-order chi connectivity index (χ1) is 5.24. The van der Waals surface area contributed by atoms with Gasteiger partial charge in [0.2, 0.25) is 0 Å². The largest absolute Gasteiger partial charge is 0.393 e. The standard InChI is InChI=1S/C9H17NO/c1-2-8(10)9-6-3-5(11)4-7(6)9/h5-9,11H,2-4,10H2,1H3. The third kappa shape index (κ3) is 1.09. The molecule has 0 heterocycles. The molecular formula is C9H17NO. The van der Waals surface area contributed by atoms with Gasteiger partial charge in [0.1, 0.15) is 0 Å². The van der Waals surface area contributed by atoms with Crippen molar-refractivity contribution in [1.29, 1.82) is 0 Å². The van der Waals surface area contributed by atoms with Gasteiger partial charge in [-0.2, -0.15) is 0 Å². The van der Waals surface area contributed by atoms with Crippen LogP contribution in [-0.4, -0.2) is 17.3 Å². The lowest BCUT2D eigenvalue weighted by Crippen LogP contribution is -2.25. The van der Waals surface area contributed by atoms with Crippen molar-refractivity contribution in [2.45, 2.75) is 38.3 Å². The number of aliphatic hydroxyl groups is 1. The van der Waals surface area contributed by atoms with Crippen LogP contribution in [0.2, 0.25) is 0 Å². The van der Waals surface area contributed by atoms with E-state index < -0.39 is 0 Å². The summed E-state index contributed by atoms with van der Waals surface area (Å²) in [6, 6.07) is 0.400. The average Bonchev–Trinajstić information content (AvgIpc) is 2.48. The number of aliphatic hydroxyl groups excluding tert-OH is 1. The molecule has 0 aromatic carbocycles. The first-order valence-corrected chi connectivity index (χ1v) is 4.67. The van der Waals surface area contributed by atoms with E-state index in [1.165, 1.54) is 0 Å². The van der Waals surface area contributed by atoms with Crippen LogP contribution in [0.25, 0.3) is 0 Å². The quantitative estimate of drug-likeness (QED) is 0.618. The zero-order valence-electron chi connectivity index (χ0n) is 7.03. The summed E-state index contributed by atoms with van der Waals surface area (Å²) < 4.78 is 0. The van der Waals surface area contributed by atoms with Gasteiger partial charge in [0.05, 0.1) is 6.10 Å². The van der Waals surface area contributed by atoms with Crippen molar-refractivity contribution in [2.24, 2.45) is 23.5 Å². The Morgan fingerprint density at radius 1 is 1.45 bits per heavy atom. The molecule has 3 unspecified atom stereocenters. The summed E-state index contributed by atoms with van der Waals surface area (Å²) in [5, 5.41) is 9.26. The second-order valence-electron chi connectivity index (χ2n) is 4.10. The van der Waals surface area contributed by atoms with Gasteiger partial charge in [-0.05, 0) is 37.0 Å². The molecule has 64 valence electrons. The molecule has 0 amide bonds. The first-order valence-electron chi connectivity index (χ1n) is 4.67. The van der Waals surface area contributed by atoms with E-state index in [0.29, 0.717) is 6.04 Å². The highest BCUT2D eigenvalue weighted by atomic mass is 16.3. The molecule has 0 aromatic rings. The minimum Gasteiger partial charge on any atom is -0.393 e. The predicted octanol–water partition coefficient (Wildman–Crippen LogP) is 0.741. The van der Waals surface area contributed by atoms with Crippen LogP contribution in [0.3, 0.4) is 0 Å². The maximum atomic E-state index is 9.26. The van der Waals surface area contributed by atoms with Crippen LogP contribution < -0.4 is 5.73 Å². The highest BCUT2D eigenvalue weighted by Crippen LogP contribution is 2.58. The third-order valence-electron chi connectivity index (χ3n) is 3.45. The molecule has 2 aliphatic rings. The van der Waals surface area contributed by atoms with E-state index in [2.05, 4.69) is 6.92 Å². The molecule has 0 aromatic heterocycles. The van der Waals surface area contributed by atoms with Gasteiger partial charge in [-0.1, -0.05) is 6.92 Å². The highest BCUT2D eigenvalue weighted by molar-refractivity contribution is 5.07. The Balaban J connectivity index is 1.87. The number of rotatable bonds is 2. The fourth-order valence-electron chi connectivity index (χ4n) is 2.77. The van der Waals surface area contributed by atoms with E-state index in [1.54, 1.807) is 0 Å². The minimum atomic E-state index is -0.00898. The second kappa shape index (κ2) is 2.46. The van der Waals surface area contributed by atoms with Crippen LogP contribution in [-0.2, 0) is 0 Å². The molecule has 0 aliphatic heterocycles. The Labute approximate surface area is 67.8 Å². The van der Waals surface area contributed by atoms with Crippen molar-refractivity contribution in [3.05, 3.63) is 0 Å². The van der Waals surface area contributed by atoms with Crippen molar-refractivity contribution < 1.29 is 5.11 Å². The third-order valence-corrected chi connectivity index (χ3v) is 3.45. The zero-order chi connectivity index (χ0) is 8.01. The van der Waals surface area contributed by atoms with Crippen molar-refractivity contribution in [2.75, 3.05) is 0 Å². The molecule has 0 saturated heterocycles. The lowest BCUT2D eigenvalue weighted by atomic mass is 10.0. The topological polar surface area (TPSA) is 46.2 Å². The number of fused-ring (bicyclic) bond motifs is 1. The summed E-state index contributed by atoms with van der Waals surface area (Å²) in [6.07, 6.45) is 3.12. The summed E-state index contributed by atoms with van der Waals surface area (Å²) in [6.45, 7) is 2.15. The minimum absolute atomic E-state index is 0.00898. The van der Waals surface area contributed by atoms with E-state index in [9.17, 15) is 5.11 Å². The molecule has 2 aliphatic carbocycles. The Hall–Kier alpha value is -0.0800. The highest BCUT2D eigenvalue weighted by Gasteiger charge is 2.57. The van der Waals surface area contributed by atoms with E-state index in [4.69, 9.17) is 5.73 Å². The van der Waals surface area contributed by atoms with Gasteiger partial charge in [0.25, 0.3) is 0 Å². The van der Waals surface area contributed by atoms with Crippen LogP contribution in [0, 0.1) is 17.8 Å². The maximum Gasteiger partial charge on any atom is 0.0546 e. The van der Waals surface area contributed by atoms with Crippen LogP contribution >= 0.6 is 0 Å². The molecule has 2 nitrogen and oxygen atoms in total. The number of nitrogens with two attached hydrogens (primary N) is 1. The molecule has 0 radical (unpaired) electrons. The Bertz CT molecular complexity index is 148. The SMILES string of the molecule is CCC(N)C1C2CC(O)CC21. The predicted molar refractivity (Wildman–Crippen MR) is 44.0 cm³/mol. The molecule has 0 bridgehead atoms. The van der Waals surface area contributed by atoms with E-state index in [0.717, 1.165) is 37.0 Å². The van der Waals surface area contributed by atoms with Crippen molar-refractivity contribution in [1.82, 2.24) is 0 Å². The Morgan fingerprint density at radius 2 is 2.00 bits per heavy atom. The summed E-state index contributed by atoms with van der Waals surface area (Å²) in [4.78, 5) is 0. The second-order valence-corrected chi connectivity index (χ2v) is 4.10. The fraction of sp³-hybridized carbons (Fsp3) is 1.00. The van der Waals surface area contributed by atoms with Gasteiger partial charge in [-0.15, -0.1) is 0 Å². The molecule has 2 saturated carbocycles. The average molecular weight is 155 g/mol. The smallest absolute Gasteiger partial charge is 0.0546 e. The normalized spacial score (nSPS) is 50.5. The van der Waals surface area contributed by atoms with Gasteiger partial charge >= 0.3 is 0 Å². The first kappa shape index (κ1) is 7.56. The molecule has 3 atom stereocenters. The van der Waals surface area contributed by atoms with Crippen LogP contribution in [0.4, 0.5) is 0 Å². The molecular weight excluding hydrogens is 138 g/mol. The molecule has 2 heteroatoms. The van der Waals surface area contributed by atoms with E-state index in [1.807, 2.05) is 0 Å². The maximum absolute atomic E-state index is 9.26. The Morgan fingerprint density at radius 3 is 2.45 bits per heavy atom. The van der Waals surface area contributed by atoms with Crippen LogP contribution in [0.1, 0.15) is 26.2 Å². The van der Waals surface area contributed by atoms with Gasteiger partial charge in [-0.3, -0.25) is 0 Å². The summed E-state index contributed by atoms with van der Waals surface area (Å²) in [5.41, 5.74) is 5.93. The molecule has 11 heavy (non-hydrogen) atoms. The van der Waals surface area contributed by atoms with Crippen molar-refractivity contribution in [3.8, 4) is 0 Å². The van der Waals surface area contributed by atoms with Crippen LogP contribution in [0.15, 0.2) is 0 Å².